The van der Waals surface area contributed by atoms with Gasteiger partial charge in [0, 0.05) is 12.3 Å². The van der Waals surface area contributed by atoms with Crippen molar-refractivity contribution in [3.63, 3.8) is 0 Å². The van der Waals surface area contributed by atoms with Gasteiger partial charge in [0.2, 0.25) is 0 Å². The quantitative estimate of drug-likeness (QED) is 0.221. The summed E-state index contributed by atoms with van der Waals surface area (Å²) >= 11 is 12.6. The second-order valence-corrected chi connectivity index (χ2v) is 11.3. The molecule has 0 amide bonds. The first-order chi connectivity index (χ1) is 16.8. The molecule has 0 saturated carbocycles. The average molecular weight is 566 g/mol. The van der Waals surface area contributed by atoms with Crippen molar-refractivity contribution >= 4 is 36.9 Å². The molecule has 0 spiro atoms. The molecule has 0 radical (unpaired) electrons. The van der Waals surface area contributed by atoms with E-state index in [4.69, 9.17) is 41.7 Å². The van der Waals surface area contributed by atoms with Crippen molar-refractivity contribution in [2.45, 2.75) is 55.7 Å². The molecule has 12 nitrogen and oxygen atoms in total. The summed E-state index contributed by atoms with van der Waals surface area (Å²) in [7, 11) is -4.27. The second-order valence-electron chi connectivity index (χ2n) is 8.20. The first-order valence-electron chi connectivity index (χ1n) is 10.8. The number of aromatic nitrogens is 2. The van der Waals surface area contributed by atoms with E-state index in [0.29, 0.717) is 0 Å². The van der Waals surface area contributed by atoms with Crippen molar-refractivity contribution < 1.29 is 33.0 Å². The molecular formula is C21H26Cl2N3O9P. The van der Waals surface area contributed by atoms with E-state index in [1.165, 1.54) is 19.1 Å². The van der Waals surface area contributed by atoms with Gasteiger partial charge >= 0.3 is 19.4 Å². The fourth-order valence-corrected chi connectivity index (χ4v) is 5.32. The lowest BCUT2D eigenvalue weighted by atomic mass is 10.2. The summed E-state index contributed by atoms with van der Waals surface area (Å²) in [6, 6.07) is 8.01. The summed E-state index contributed by atoms with van der Waals surface area (Å²) in [5.74, 6) is -0.520. The van der Waals surface area contributed by atoms with Gasteiger partial charge < -0.3 is 19.1 Å². The van der Waals surface area contributed by atoms with Crippen LogP contribution in [0.15, 0.2) is 52.2 Å². The Hall–Kier alpha value is -2.18. The Labute approximate surface area is 216 Å². The molecule has 1 aromatic heterocycles. The number of ether oxygens (including phenoxy) is 2. The first kappa shape index (κ1) is 28.4. The van der Waals surface area contributed by atoms with Gasteiger partial charge in [0.1, 0.15) is 24.0 Å². The molecule has 1 aliphatic heterocycles. The van der Waals surface area contributed by atoms with Gasteiger partial charge in [0.15, 0.2) is 10.6 Å². The normalized spacial score (nSPS) is 23.7. The van der Waals surface area contributed by atoms with E-state index in [-0.39, 0.29) is 5.75 Å². The van der Waals surface area contributed by atoms with E-state index in [1.807, 2.05) is 4.98 Å². The number of halogens is 2. The number of H-pyrrole nitrogens is 1. The molecule has 0 bridgehead atoms. The first-order valence-corrected chi connectivity index (χ1v) is 13.1. The number of aliphatic hydroxyl groups is 1. The lowest BCUT2D eigenvalue weighted by molar-refractivity contribution is -0.149. The molecule has 1 aliphatic rings. The van der Waals surface area contributed by atoms with Crippen LogP contribution in [0.1, 0.15) is 27.0 Å². The van der Waals surface area contributed by atoms with Gasteiger partial charge in [-0.15, -0.1) is 0 Å². The Morgan fingerprint density at radius 2 is 1.92 bits per heavy atom. The molecule has 1 saturated heterocycles. The SMILES string of the molecule is CC(C)OC(=O)[C@H](C)NP(=O)(OC[C@H]1O[C@@H](n2ccc(=O)[nH]c2=O)C(Cl)(Cl)[C@H]1O)Oc1ccccc1. The van der Waals surface area contributed by atoms with E-state index in [1.54, 1.807) is 32.0 Å². The number of benzene rings is 1. The van der Waals surface area contributed by atoms with Crippen LogP contribution in [-0.4, -0.2) is 55.9 Å². The molecule has 15 heteroatoms. The molecule has 0 aliphatic carbocycles. The van der Waals surface area contributed by atoms with Crippen LogP contribution >= 0.6 is 30.9 Å². The Morgan fingerprint density at radius 3 is 2.53 bits per heavy atom. The third kappa shape index (κ3) is 6.77. The summed E-state index contributed by atoms with van der Waals surface area (Å²) in [5.41, 5.74) is -1.52. The van der Waals surface area contributed by atoms with Crippen LogP contribution in [0.25, 0.3) is 0 Å². The number of nitrogens with zero attached hydrogens (tertiary/aromatic N) is 1. The molecule has 3 rings (SSSR count). The van der Waals surface area contributed by atoms with Crippen LogP contribution in [0.5, 0.6) is 5.75 Å². The van der Waals surface area contributed by atoms with Crippen molar-refractivity contribution in [3.05, 3.63) is 63.4 Å². The number of alkyl halides is 2. The Morgan fingerprint density at radius 1 is 1.25 bits per heavy atom. The topological polar surface area (TPSA) is 158 Å². The molecule has 3 N–H and O–H groups in total. The number of carbonyl (C=O) groups is 1. The molecule has 1 unspecified atom stereocenters. The van der Waals surface area contributed by atoms with E-state index in [2.05, 4.69) is 5.09 Å². The minimum absolute atomic E-state index is 0.173. The maximum Gasteiger partial charge on any atom is 0.459 e. The molecule has 36 heavy (non-hydrogen) atoms. The van der Waals surface area contributed by atoms with Crippen LogP contribution < -0.4 is 20.9 Å². The predicted octanol–water partition coefficient (Wildman–Crippen LogP) is 2.10. The Bertz CT molecular complexity index is 1220. The van der Waals surface area contributed by atoms with Gasteiger partial charge in [-0.05, 0) is 32.9 Å². The highest BCUT2D eigenvalue weighted by molar-refractivity contribution is 7.52. The number of para-hydroxylation sites is 1. The summed E-state index contributed by atoms with van der Waals surface area (Å²) in [6.45, 7) is 4.17. The van der Waals surface area contributed by atoms with Crippen molar-refractivity contribution in [3.8, 4) is 5.75 Å². The molecule has 1 fully saturated rings. The predicted molar refractivity (Wildman–Crippen MR) is 130 cm³/mol. The lowest BCUT2D eigenvalue weighted by Gasteiger charge is -2.25. The number of carbonyl (C=O) groups excluding carboxylic acids is 1. The van der Waals surface area contributed by atoms with Crippen molar-refractivity contribution in [2.24, 2.45) is 0 Å². The summed E-state index contributed by atoms with van der Waals surface area (Å²) in [5, 5.41) is 13.2. The van der Waals surface area contributed by atoms with E-state index >= 15 is 0 Å². The number of hydrogen-bond acceptors (Lipinski definition) is 9. The highest BCUT2D eigenvalue weighted by atomic mass is 35.5. The van der Waals surface area contributed by atoms with Crippen molar-refractivity contribution in [1.82, 2.24) is 14.6 Å². The number of aliphatic hydroxyl groups excluding tert-OH is 1. The van der Waals surface area contributed by atoms with Crippen LogP contribution in [-0.2, 0) is 23.4 Å². The zero-order valence-corrected chi connectivity index (χ0v) is 21.9. The fourth-order valence-electron chi connectivity index (χ4n) is 3.22. The van der Waals surface area contributed by atoms with Gasteiger partial charge in [-0.1, -0.05) is 41.4 Å². The van der Waals surface area contributed by atoms with Gasteiger partial charge in [-0.3, -0.25) is 23.7 Å². The molecule has 2 heterocycles. The Kier molecular flexibility index (Phi) is 9.05. The van der Waals surface area contributed by atoms with Gasteiger partial charge in [0.25, 0.3) is 5.56 Å². The maximum atomic E-state index is 13.6. The molecule has 5 atom stereocenters. The highest BCUT2D eigenvalue weighted by Crippen LogP contribution is 2.49. The fraction of sp³-hybridized carbons (Fsp3) is 0.476. The van der Waals surface area contributed by atoms with Gasteiger partial charge in [0.05, 0.1) is 12.7 Å². The molecule has 1 aromatic carbocycles. The number of hydrogen-bond donors (Lipinski definition) is 3. The molecule has 198 valence electrons. The van der Waals surface area contributed by atoms with Crippen LogP contribution in [0, 0.1) is 0 Å². The number of nitrogens with one attached hydrogen (secondary N) is 2. The highest BCUT2D eigenvalue weighted by Gasteiger charge is 2.56. The van der Waals surface area contributed by atoms with Crippen molar-refractivity contribution in [1.29, 1.82) is 0 Å². The smallest absolute Gasteiger partial charge is 0.459 e. The van der Waals surface area contributed by atoms with Crippen LogP contribution in [0.2, 0.25) is 0 Å². The van der Waals surface area contributed by atoms with Crippen LogP contribution in [0.3, 0.4) is 0 Å². The summed E-state index contributed by atoms with van der Waals surface area (Å²) < 4.78 is 34.3. The minimum atomic E-state index is -4.27. The maximum absolute atomic E-state index is 13.6. The number of esters is 1. The van der Waals surface area contributed by atoms with Crippen molar-refractivity contribution in [2.75, 3.05) is 6.61 Å². The molecule has 2 aromatic rings. The van der Waals surface area contributed by atoms with Gasteiger partial charge in [-0.2, -0.15) is 5.09 Å². The van der Waals surface area contributed by atoms with E-state index in [9.17, 15) is 24.1 Å². The summed E-state index contributed by atoms with van der Waals surface area (Å²) in [4.78, 5) is 37.9. The monoisotopic (exact) mass is 565 g/mol. The zero-order valence-electron chi connectivity index (χ0n) is 19.5. The van der Waals surface area contributed by atoms with E-state index < -0.39 is 66.5 Å². The largest absolute Gasteiger partial charge is 0.462 e. The third-order valence-corrected chi connectivity index (χ3v) is 7.38. The number of rotatable bonds is 10. The second kappa shape index (κ2) is 11.5. The summed E-state index contributed by atoms with van der Waals surface area (Å²) in [6.07, 6.45) is -3.62. The minimum Gasteiger partial charge on any atom is -0.462 e. The number of aromatic amines is 1. The van der Waals surface area contributed by atoms with E-state index in [0.717, 1.165) is 16.8 Å². The third-order valence-electron chi connectivity index (χ3n) is 4.92. The molecular weight excluding hydrogens is 540 g/mol. The zero-order chi connectivity index (χ0) is 26.7. The van der Waals surface area contributed by atoms with Crippen LogP contribution in [0.4, 0.5) is 0 Å². The standard InChI is InChI=1S/C21H26Cl2N3O9P/c1-12(2)33-18(29)13(3)25-36(31,35-14-7-5-4-6-8-14)32-11-15-17(28)21(22,23)19(34-15)26-10-9-16(27)24-20(26)30/h4-10,12-13,15,17,19,28H,11H2,1-3H3,(H,25,31)(H,24,27,30)/t13-,15+,17-,19+,36?/m0/s1. The average Bonchev–Trinajstić information content (AvgIpc) is 3.01. The lowest BCUT2D eigenvalue weighted by Crippen LogP contribution is -2.41. The Balaban J connectivity index is 1.80. The van der Waals surface area contributed by atoms with Gasteiger partial charge in [-0.25, -0.2) is 9.36 Å².